The summed E-state index contributed by atoms with van der Waals surface area (Å²) < 4.78 is 91.1. The smallest absolute Gasteiger partial charge is 0.484 e. The van der Waals surface area contributed by atoms with E-state index in [9.17, 15) is 26.7 Å². The third kappa shape index (κ3) is 5.64. The maximum absolute atomic E-state index is 14.1. The van der Waals surface area contributed by atoms with Crippen LogP contribution in [0.5, 0.6) is 23.1 Å². The van der Waals surface area contributed by atoms with E-state index in [1.807, 2.05) is 0 Å². The molecule has 2 aliphatic rings. The number of hydrogen-bond acceptors (Lipinski definition) is 7. The summed E-state index contributed by atoms with van der Waals surface area (Å²) in [7, 11) is 0. The molecule has 9 nitrogen and oxygen atoms in total. The van der Waals surface area contributed by atoms with Crippen molar-refractivity contribution in [3.63, 3.8) is 0 Å². The van der Waals surface area contributed by atoms with Crippen molar-refractivity contribution < 1.29 is 50.8 Å². The summed E-state index contributed by atoms with van der Waals surface area (Å²) >= 11 is 0. The Hall–Kier alpha value is -4.88. The molecule has 4 aromatic rings. The van der Waals surface area contributed by atoms with Crippen molar-refractivity contribution in [3.8, 4) is 28.8 Å². The number of ether oxygens (including phenoxy) is 4. The fourth-order valence-corrected chi connectivity index (χ4v) is 5.08. The van der Waals surface area contributed by atoms with Crippen molar-refractivity contribution >= 4 is 5.97 Å². The fraction of sp³-hybridized carbons (Fsp3) is 0.276. The van der Waals surface area contributed by atoms with Crippen LogP contribution in [0.3, 0.4) is 0 Å². The summed E-state index contributed by atoms with van der Waals surface area (Å²) in [6.45, 7) is 1.64. The van der Waals surface area contributed by atoms with Gasteiger partial charge in [0.15, 0.2) is 17.2 Å². The van der Waals surface area contributed by atoms with Gasteiger partial charge in [-0.3, -0.25) is 0 Å². The largest absolute Gasteiger partial charge is 0.586 e. The highest BCUT2D eigenvalue weighted by Gasteiger charge is 2.44. The number of carbonyl (C=O) groups is 1. The molecule has 2 aromatic carbocycles. The Kier molecular flexibility index (Phi) is 6.86. The van der Waals surface area contributed by atoms with Gasteiger partial charge in [-0.1, -0.05) is 6.07 Å². The standard InChI is InChI=1S/C29H22F5N3O6/c1-15(17-7-10-21-23(13-17)43-29(33,34)42-21)40-24-14-18(11-12-35-24)37-25-20(26(36-37)28(30,31)32)3-2-4-22(25)41-19-8-5-16(6-9-19)27(38)39/h5-15,22H,2-4H2,1H3,(H,38,39)/t15-,22?/m0/s1. The van der Waals surface area contributed by atoms with Gasteiger partial charge >= 0.3 is 18.4 Å². The SMILES string of the molecule is C[C@H](Oc1cc(-n2nc(C(F)(F)F)c3c2C(Oc2ccc(C(=O)O)cc2)CCC3)ccn1)c1ccc2c(c1)OC(F)(F)O2. The minimum atomic E-state index is -4.72. The van der Waals surface area contributed by atoms with Gasteiger partial charge in [0.2, 0.25) is 5.88 Å². The number of fused-ring (bicyclic) bond motifs is 2. The summed E-state index contributed by atoms with van der Waals surface area (Å²) in [6.07, 6.45) is -7.73. The molecule has 1 N–H and O–H groups in total. The van der Waals surface area contributed by atoms with Crippen molar-refractivity contribution in [1.29, 1.82) is 0 Å². The van der Waals surface area contributed by atoms with Crippen LogP contribution in [0.15, 0.2) is 60.8 Å². The van der Waals surface area contributed by atoms with E-state index < -0.39 is 36.3 Å². The molecule has 0 bridgehead atoms. The summed E-state index contributed by atoms with van der Waals surface area (Å²) in [5, 5.41) is 13.1. The third-order valence-corrected chi connectivity index (χ3v) is 7.02. The molecule has 0 spiro atoms. The third-order valence-electron chi connectivity index (χ3n) is 7.02. The zero-order valence-corrected chi connectivity index (χ0v) is 22.3. The minimum Gasteiger partial charge on any atom is -0.484 e. The van der Waals surface area contributed by atoms with E-state index in [1.165, 1.54) is 60.8 Å². The predicted octanol–water partition coefficient (Wildman–Crippen LogP) is 6.90. The molecule has 0 saturated carbocycles. The van der Waals surface area contributed by atoms with Crippen molar-refractivity contribution in [1.82, 2.24) is 14.8 Å². The molecule has 43 heavy (non-hydrogen) atoms. The van der Waals surface area contributed by atoms with Crippen LogP contribution in [-0.4, -0.2) is 32.1 Å². The summed E-state index contributed by atoms with van der Waals surface area (Å²) in [5.74, 6) is -1.07. The molecular weight excluding hydrogens is 581 g/mol. The number of aromatic carboxylic acids is 1. The highest BCUT2D eigenvalue weighted by Crippen LogP contribution is 2.44. The number of benzene rings is 2. The lowest BCUT2D eigenvalue weighted by Gasteiger charge is -2.26. The van der Waals surface area contributed by atoms with E-state index in [1.54, 1.807) is 6.92 Å². The Morgan fingerprint density at radius 2 is 1.84 bits per heavy atom. The van der Waals surface area contributed by atoms with E-state index in [0.717, 1.165) is 4.68 Å². The quantitative estimate of drug-likeness (QED) is 0.228. The Bertz CT molecular complexity index is 1690. The lowest BCUT2D eigenvalue weighted by molar-refractivity contribution is -0.286. The van der Waals surface area contributed by atoms with Crippen LogP contribution >= 0.6 is 0 Å². The number of carboxylic acids is 1. The average molecular weight is 604 g/mol. The second-order valence-electron chi connectivity index (χ2n) is 9.94. The number of aromatic nitrogens is 3. The Morgan fingerprint density at radius 1 is 1.09 bits per heavy atom. The van der Waals surface area contributed by atoms with Crippen LogP contribution < -0.4 is 18.9 Å². The molecule has 2 aromatic heterocycles. The highest BCUT2D eigenvalue weighted by molar-refractivity contribution is 5.87. The maximum Gasteiger partial charge on any atom is 0.586 e. The molecule has 1 aliphatic heterocycles. The molecule has 6 rings (SSSR count). The van der Waals surface area contributed by atoms with E-state index in [0.29, 0.717) is 24.2 Å². The van der Waals surface area contributed by atoms with Gasteiger partial charge < -0.3 is 24.1 Å². The number of carboxylic acid groups (broad SMARTS) is 1. The Labute approximate surface area is 240 Å². The summed E-state index contributed by atoms with van der Waals surface area (Å²) in [5.41, 5.74) is -0.0740. The molecule has 0 saturated heterocycles. The van der Waals surface area contributed by atoms with E-state index in [4.69, 9.17) is 14.6 Å². The van der Waals surface area contributed by atoms with E-state index in [-0.39, 0.29) is 46.3 Å². The molecule has 0 radical (unpaired) electrons. The monoisotopic (exact) mass is 603 g/mol. The Balaban J connectivity index is 1.31. The number of pyridine rings is 1. The fourth-order valence-electron chi connectivity index (χ4n) is 5.08. The first-order valence-corrected chi connectivity index (χ1v) is 13.1. The molecule has 14 heteroatoms. The average Bonchev–Trinajstić information content (AvgIpc) is 3.50. The second kappa shape index (κ2) is 10.4. The van der Waals surface area contributed by atoms with E-state index >= 15 is 0 Å². The molecule has 224 valence electrons. The lowest BCUT2D eigenvalue weighted by atomic mass is 9.93. The van der Waals surface area contributed by atoms with Gasteiger partial charge in [0.1, 0.15) is 18.0 Å². The van der Waals surface area contributed by atoms with Crippen LogP contribution in [0.25, 0.3) is 5.69 Å². The maximum atomic E-state index is 14.1. The second-order valence-corrected chi connectivity index (χ2v) is 9.94. The number of hydrogen-bond donors (Lipinski definition) is 1. The van der Waals surface area contributed by atoms with Crippen molar-refractivity contribution in [2.24, 2.45) is 0 Å². The van der Waals surface area contributed by atoms with E-state index in [2.05, 4.69) is 19.6 Å². The van der Waals surface area contributed by atoms with Gasteiger partial charge in [0.05, 0.1) is 16.9 Å². The van der Waals surface area contributed by atoms with Crippen molar-refractivity contribution in [2.75, 3.05) is 0 Å². The first kappa shape index (κ1) is 28.2. The lowest BCUT2D eigenvalue weighted by Crippen LogP contribution is -2.25. The zero-order valence-electron chi connectivity index (χ0n) is 22.3. The van der Waals surface area contributed by atoms with Gasteiger partial charge in [-0.15, -0.1) is 8.78 Å². The number of nitrogens with zero attached hydrogens (tertiary/aromatic N) is 3. The van der Waals surface area contributed by atoms with Gasteiger partial charge in [-0.2, -0.15) is 18.3 Å². The van der Waals surface area contributed by atoms with Gasteiger partial charge in [0.25, 0.3) is 0 Å². The molecule has 1 unspecified atom stereocenters. The van der Waals surface area contributed by atoms with Crippen LogP contribution in [0.2, 0.25) is 0 Å². The van der Waals surface area contributed by atoms with Crippen molar-refractivity contribution in [2.45, 2.75) is 50.9 Å². The van der Waals surface area contributed by atoms with Gasteiger partial charge in [0, 0.05) is 17.8 Å². The first-order valence-electron chi connectivity index (χ1n) is 13.1. The Morgan fingerprint density at radius 3 is 2.56 bits per heavy atom. The molecule has 0 fully saturated rings. The van der Waals surface area contributed by atoms with Gasteiger partial charge in [-0.05, 0) is 74.2 Å². The number of alkyl halides is 5. The van der Waals surface area contributed by atoms with Crippen LogP contribution in [0, 0.1) is 0 Å². The van der Waals surface area contributed by atoms with Crippen LogP contribution in [0.1, 0.15) is 64.8 Å². The molecular formula is C29H22F5N3O6. The predicted molar refractivity (Wildman–Crippen MR) is 138 cm³/mol. The normalized spacial score (nSPS) is 17.7. The minimum absolute atomic E-state index is 0.00992. The highest BCUT2D eigenvalue weighted by atomic mass is 19.4. The van der Waals surface area contributed by atoms with Gasteiger partial charge in [-0.25, -0.2) is 14.5 Å². The topological polar surface area (TPSA) is 105 Å². The first-order chi connectivity index (χ1) is 20.4. The molecule has 1 aliphatic carbocycles. The van der Waals surface area contributed by atoms with Crippen molar-refractivity contribution in [3.05, 3.63) is 88.9 Å². The molecule has 2 atom stereocenters. The molecule has 0 amide bonds. The summed E-state index contributed by atoms with van der Waals surface area (Å²) in [4.78, 5) is 15.4. The zero-order chi connectivity index (χ0) is 30.5. The number of rotatable bonds is 7. The molecule has 3 heterocycles. The number of halogens is 5. The van der Waals surface area contributed by atoms with Crippen LogP contribution in [0.4, 0.5) is 22.0 Å². The summed E-state index contributed by atoms with van der Waals surface area (Å²) in [6, 6.07) is 12.6. The van der Waals surface area contributed by atoms with Crippen LogP contribution in [-0.2, 0) is 12.6 Å².